The Hall–Kier alpha value is -1.28. The molecule has 0 N–H and O–H groups in total. The molecule has 0 amide bonds. The number of halogens is 1. The molecule has 1 heterocycles. The van der Waals surface area contributed by atoms with Crippen LogP contribution in [0.1, 0.15) is 34.9 Å². The van der Waals surface area contributed by atoms with E-state index in [1.807, 2.05) is 6.07 Å². The van der Waals surface area contributed by atoms with Crippen molar-refractivity contribution in [2.24, 2.45) is 0 Å². The largest absolute Gasteiger partial charge is 0.493 e. The summed E-state index contributed by atoms with van der Waals surface area (Å²) in [4.78, 5) is 0. The van der Waals surface area contributed by atoms with E-state index in [1.165, 1.54) is 16.7 Å². The van der Waals surface area contributed by atoms with Gasteiger partial charge in [0, 0.05) is 16.8 Å². The maximum atomic E-state index is 5.80. The van der Waals surface area contributed by atoms with E-state index in [4.69, 9.17) is 4.74 Å². The van der Waals surface area contributed by atoms with Crippen LogP contribution in [-0.2, 0) is 0 Å². The van der Waals surface area contributed by atoms with Gasteiger partial charge < -0.3 is 4.74 Å². The minimum Gasteiger partial charge on any atom is -0.493 e. The molecule has 104 valence electrons. The molecule has 2 aromatic carbocycles. The number of hydrogen-bond acceptors (Lipinski definition) is 1. The number of alkyl halides is 1. The quantitative estimate of drug-likeness (QED) is 0.713. The molecule has 1 aliphatic heterocycles. The van der Waals surface area contributed by atoms with Crippen LogP contribution in [0.3, 0.4) is 0 Å². The predicted octanol–water partition coefficient (Wildman–Crippen LogP) is 5.04. The Morgan fingerprint density at radius 2 is 1.90 bits per heavy atom. The lowest BCUT2D eigenvalue weighted by atomic mass is 9.87. The number of benzene rings is 2. The number of fused-ring (bicyclic) bond motifs is 1. The van der Waals surface area contributed by atoms with Crippen molar-refractivity contribution in [3.8, 4) is 5.75 Å². The van der Waals surface area contributed by atoms with Gasteiger partial charge in [-0.05, 0) is 30.9 Å². The highest BCUT2D eigenvalue weighted by molar-refractivity contribution is 9.09. The zero-order valence-electron chi connectivity index (χ0n) is 11.7. The van der Waals surface area contributed by atoms with Gasteiger partial charge in [0.15, 0.2) is 0 Å². The number of hydrogen-bond donors (Lipinski definition) is 0. The molecule has 1 aliphatic rings. The molecule has 2 atom stereocenters. The van der Waals surface area contributed by atoms with E-state index in [9.17, 15) is 0 Å². The van der Waals surface area contributed by atoms with Crippen LogP contribution < -0.4 is 4.74 Å². The van der Waals surface area contributed by atoms with Gasteiger partial charge in [0.2, 0.25) is 0 Å². The second kappa shape index (κ2) is 6.01. The molecule has 20 heavy (non-hydrogen) atoms. The maximum absolute atomic E-state index is 5.80. The fourth-order valence-electron chi connectivity index (χ4n) is 2.89. The van der Waals surface area contributed by atoms with Crippen LogP contribution in [0, 0.1) is 6.92 Å². The lowest BCUT2D eigenvalue weighted by Crippen LogP contribution is -2.09. The summed E-state index contributed by atoms with van der Waals surface area (Å²) in [5, 5.41) is 0.995. The van der Waals surface area contributed by atoms with Gasteiger partial charge >= 0.3 is 0 Å². The lowest BCUT2D eigenvalue weighted by Gasteiger charge is -2.18. The standard InChI is InChI=1S/C18H19BrO/c1-13-6-8-14(9-7-13)15(11-19)10-16-12-20-18-5-3-2-4-17(16)18/h2-9,15-16H,10-12H2,1H3. The van der Waals surface area contributed by atoms with Crippen molar-refractivity contribution >= 4 is 15.9 Å². The van der Waals surface area contributed by atoms with Gasteiger partial charge in [0.1, 0.15) is 5.75 Å². The first-order valence-electron chi connectivity index (χ1n) is 7.12. The molecule has 3 rings (SSSR count). The van der Waals surface area contributed by atoms with E-state index in [1.54, 1.807) is 0 Å². The Kier molecular flexibility index (Phi) is 4.11. The second-order valence-corrected chi connectivity index (χ2v) is 6.19. The lowest BCUT2D eigenvalue weighted by molar-refractivity contribution is 0.320. The zero-order valence-corrected chi connectivity index (χ0v) is 13.3. The van der Waals surface area contributed by atoms with Crippen molar-refractivity contribution < 1.29 is 4.74 Å². The third kappa shape index (κ3) is 2.76. The number of ether oxygens (including phenoxy) is 1. The fraction of sp³-hybridized carbons (Fsp3) is 0.333. The first-order chi connectivity index (χ1) is 9.78. The van der Waals surface area contributed by atoms with Gasteiger partial charge in [-0.15, -0.1) is 0 Å². The van der Waals surface area contributed by atoms with Gasteiger partial charge in [0.25, 0.3) is 0 Å². The molecule has 0 aliphatic carbocycles. The van der Waals surface area contributed by atoms with Gasteiger partial charge in [-0.2, -0.15) is 0 Å². The molecule has 0 spiro atoms. The van der Waals surface area contributed by atoms with Crippen LogP contribution in [0.2, 0.25) is 0 Å². The summed E-state index contributed by atoms with van der Waals surface area (Å²) in [5.41, 5.74) is 4.10. The molecule has 2 unspecified atom stereocenters. The average Bonchev–Trinajstić information content (AvgIpc) is 2.89. The van der Waals surface area contributed by atoms with Crippen LogP contribution in [0.5, 0.6) is 5.75 Å². The van der Waals surface area contributed by atoms with Crippen LogP contribution in [0.15, 0.2) is 48.5 Å². The van der Waals surface area contributed by atoms with Gasteiger partial charge in [-0.3, -0.25) is 0 Å². The summed E-state index contributed by atoms with van der Waals surface area (Å²) in [6, 6.07) is 17.3. The van der Waals surface area contributed by atoms with E-state index in [-0.39, 0.29) is 0 Å². The first-order valence-corrected chi connectivity index (χ1v) is 8.24. The van der Waals surface area contributed by atoms with Gasteiger partial charge in [-0.1, -0.05) is 64.0 Å². The summed E-state index contributed by atoms with van der Waals surface area (Å²) in [6.45, 7) is 2.95. The van der Waals surface area contributed by atoms with Gasteiger partial charge in [-0.25, -0.2) is 0 Å². The van der Waals surface area contributed by atoms with Crippen LogP contribution >= 0.6 is 15.9 Å². The van der Waals surface area contributed by atoms with E-state index in [0.717, 1.165) is 24.1 Å². The molecule has 0 saturated carbocycles. The molecule has 2 aromatic rings. The molecule has 1 nitrogen and oxygen atoms in total. The monoisotopic (exact) mass is 330 g/mol. The Labute approximate surface area is 129 Å². The van der Waals surface area contributed by atoms with E-state index >= 15 is 0 Å². The smallest absolute Gasteiger partial charge is 0.122 e. The van der Waals surface area contributed by atoms with Crippen LogP contribution in [-0.4, -0.2) is 11.9 Å². The van der Waals surface area contributed by atoms with Crippen molar-refractivity contribution in [2.45, 2.75) is 25.2 Å². The minimum atomic E-state index is 0.509. The minimum absolute atomic E-state index is 0.509. The summed E-state index contributed by atoms with van der Waals surface area (Å²) in [6.07, 6.45) is 1.13. The molecular weight excluding hydrogens is 312 g/mol. The highest BCUT2D eigenvalue weighted by Crippen LogP contribution is 2.39. The summed E-state index contributed by atoms with van der Waals surface area (Å²) >= 11 is 3.68. The summed E-state index contributed by atoms with van der Waals surface area (Å²) < 4.78 is 5.80. The normalized spacial score (nSPS) is 18.4. The van der Waals surface area contributed by atoms with Crippen molar-refractivity contribution in [3.05, 3.63) is 65.2 Å². The Morgan fingerprint density at radius 1 is 1.15 bits per heavy atom. The van der Waals surface area contributed by atoms with Gasteiger partial charge in [0.05, 0.1) is 6.61 Å². The Bertz CT molecular complexity index is 576. The SMILES string of the molecule is Cc1ccc(C(CBr)CC2COc3ccccc32)cc1. The fourth-order valence-corrected chi connectivity index (χ4v) is 3.53. The number of rotatable bonds is 4. The number of para-hydroxylation sites is 1. The summed E-state index contributed by atoms with van der Waals surface area (Å²) in [7, 11) is 0. The van der Waals surface area contributed by atoms with Crippen molar-refractivity contribution in [3.63, 3.8) is 0 Å². The Morgan fingerprint density at radius 3 is 2.65 bits per heavy atom. The third-order valence-corrected chi connectivity index (χ3v) is 4.88. The van der Waals surface area contributed by atoms with Crippen molar-refractivity contribution in [2.75, 3.05) is 11.9 Å². The molecule has 0 fully saturated rings. The van der Waals surface area contributed by atoms with Crippen LogP contribution in [0.25, 0.3) is 0 Å². The molecule has 0 bridgehead atoms. The first kappa shape index (κ1) is 13.7. The molecule has 0 aromatic heterocycles. The van der Waals surface area contributed by atoms with E-state index < -0.39 is 0 Å². The molecular formula is C18H19BrO. The summed E-state index contributed by atoms with van der Waals surface area (Å²) in [5.74, 6) is 2.11. The third-order valence-electron chi connectivity index (χ3n) is 4.10. The highest BCUT2D eigenvalue weighted by Gasteiger charge is 2.26. The topological polar surface area (TPSA) is 9.23 Å². The maximum Gasteiger partial charge on any atom is 0.122 e. The number of aryl methyl sites for hydroxylation is 1. The van der Waals surface area contributed by atoms with Crippen LogP contribution in [0.4, 0.5) is 0 Å². The molecule has 0 radical (unpaired) electrons. The van der Waals surface area contributed by atoms with Crippen molar-refractivity contribution in [1.29, 1.82) is 0 Å². The second-order valence-electron chi connectivity index (χ2n) is 5.54. The molecule has 2 heteroatoms. The molecule has 0 saturated heterocycles. The van der Waals surface area contributed by atoms with E-state index in [2.05, 4.69) is 65.3 Å². The Balaban J connectivity index is 1.78. The predicted molar refractivity (Wildman–Crippen MR) is 87.0 cm³/mol. The zero-order chi connectivity index (χ0) is 13.9. The highest BCUT2D eigenvalue weighted by atomic mass is 79.9. The average molecular weight is 331 g/mol. The van der Waals surface area contributed by atoms with Crippen molar-refractivity contribution in [1.82, 2.24) is 0 Å². The van der Waals surface area contributed by atoms with E-state index in [0.29, 0.717) is 11.8 Å².